The topological polar surface area (TPSA) is 181 Å². The van der Waals surface area contributed by atoms with Crippen LogP contribution in [0, 0.1) is 18.6 Å². The summed E-state index contributed by atoms with van der Waals surface area (Å²) in [4.78, 5) is 53.0. The highest BCUT2D eigenvalue weighted by molar-refractivity contribution is 7.89. The van der Waals surface area contributed by atoms with E-state index in [2.05, 4.69) is 25.6 Å². The Labute approximate surface area is 265 Å². The van der Waals surface area contributed by atoms with Crippen LogP contribution in [0.15, 0.2) is 47.5 Å². The molecular formula is C29H26F2N8O5S2. The van der Waals surface area contributed by atoms with Crippen LogP contribution in [0.4, 0.5) is 25.5 Å². The van der Waals surface area contributed by atoms with Crippen molar-refractivity contribution in [2.75, 3.05) is 17.3 Å². The lowest BCUT2D eigenvalue weighted by Crippen LogP contribution is -2.52. The molecule has 0 radical (unpaired) electrons. The second-order valence-corrected chi connectivity index (χ2v) is 13.4. The van der Waals surface area contributed by atoms with Gasteiger partial charge in [0.05, 0.1) is 21.7 Å². The summed E-state index contributed by atoms with van der Waals surface area (Å²) in [6, 6.07) is 7.63. The van der Waals surface area contributed by atoms with Crippen molar-refractivity contribution >= 4 is 55.8 Å². The lowest BCUT2D eigenvalue weighted by molar-refractivity contribution is -0.136. The van der Waals surface area contributed by atoms with Gasteiger partial charge in [-0.15, -0.1) is 0 Å². The molecule has 4 aromatic rings. The van der Waals surface area contributed by atoms with Gasteiger partial charge in [-0.2, -0.15) is 0 Å². The molecule has 1 fully saturated rings. The minimum atomic E-state index is -3.95. The number of hydrogen-bond acceptors (Lipinski definition) is 11. The number of piperidine rings is 1. The first-order valence-electron chi connectivity index (χ1n) is 13.9. The van der Waals surface area contributed by atoms with Crippen LogP contribution >= 0.6 is 11.3 Å². The average Bonchev–Trinajstić information content (AvgIpc) is 3.53. The van der Waals surface area contributed by atoms with Gasteiger partial charge >= 0.3 is 0 Å². The Morgan fingerprint density at radius 2 is 1.93 bits per heavy atom. The first-order chi connectivity index (χ1) is 21.8. The third-order valence-electron chi connectivity index (χ3n) is 7.59. The molecule has 238 valence electrons. The van der Waals surface area contributed by atoms with Gasteiger partial charge in [-0.25, -0.2) is 37.3 Å². The minimum Gasteiger partial charge on any atom is -0.347 e. The SMILES string of the molecule is Cc1nc(N(C)Cc2cc3c(cc2F)C(=O)N(C2CCC(=O)NC2=O)C3)sc1-c1nc(Nc2cccc(S(N)(=O)=O)c2)ncc1F. The zero-order valence-electron chi connectivity index (χ0n) is 24.4. The highest BCUT2D eigenvalue weighted by Crippen LogP contribution is 2.36. The Bertz CT molecular complexity index is 2040. The maximum absolute atomic E-state index is 15.3. The van der Waals surface area contributed by atoms with Crippen molar-refractivity contribution in [3.05, 3.63) is 76.6 Å². The number of thiazole rings is 1. The van der Waals surface area contributed by atoms with Gasteiger partial charge in [0, 0.05) is 43.4 Å². The summed E-state index contributed by atoms with van der Waals surface area (Å²) in [5, 5.41) is 10.8. The summed E-state index contributed by atoms with van der Waals surface area (Å²) in [6.45, 7) is 1.85. The molecule has 0 spiro atoms. The van der Waals surface area contributed by atoms with E-state index in [0.29, 0.717) is 27.0 Å². The second kappa shape index (κ2) is 11.8. The number of halogens is 2. The van der Waals surface area contributed by atoms with Crippen LogP contribution in [0.1, 0.15) is 40.0 Å². The molecule has 0 bridgehead atoms. The van der Waals surface area contributed by atoms with Crippen LogP contribution in [0.5, 0.6) is 0 Å². The Kier molecular flexibility index (Phi) is 7.99. The molecule has 1 saturated heterocycles. The molecule has 4 heterocycles. The van der Waals surface area contributed by atoms with E-state index in [1.165, 1.54) is 23.1 Å². The van der Waals surface area contributed by atoms with E-state index >= 15 is 4.39 Å². The van der Waals surface area contributed by atoms with Crippen molar-refractivity contribution in [3.8, 4) is 10.6 Å². The molecule has 1 unspecified atom stereocenters. The van der Waals surface area contributed by atoms with Gasteiger partial charge in [-0.05, 0) is 49.2 Å². The van der Waals surface area contributed by atoms with Gasteiger partial charge in [0.15, 0.2) is 10.9 Å². The van der Waals surface area contributed by atoms with Crippen molar-refractivity contribution in [3.63, 3.8) is 0 Å². The summed E-state index contributed by atoms with van der Waals surface area (Å²) >= 11 is 1.13. The first-order valence-corrected chi connectivity index (χ1v) is 16.2. The normalized spacial score (nSPS) is 16.4. The summed E-state index contributed by atoms with van der Waals surface area (Å²) in [5.74, 6) is -2.73. The van der Waals surface area contributed by atoms with Crippen molar-refractivity contribution in [1.29, 1.82) is 0 Å². The number of nitrogens with one attached hydrogen (secondary N) is 2. The van der Waals surface area contributed by atoms with E-state index in [-0.39, 0.29) is 53.6 Å². The second-order valence-electron chi connectivity index (χ2n) is 10.9. The Morgan fingerprint density at radius 3 is 2.67 bits per heavy atom. The maximum atomic E-state index is 15.3. The number of benzene rings is 2. The number of carbonyl (C=O) groups excluding carboxylic acids is 3. The number of hydrogen-bond donors (Lipinski definition) is 3. The van der Waals surface area contributed by atoms with Crippen molar-refractivity contribution in [1.82, 2.24) is 25.2 Å². The molecule has 13 nitrogen and oxygen atoms in total. The fourth-order valence-electron chi connectivity index (χ4n) is 5.32. The maximum Gasteiger partial charge on any atom is 0.255 e. The fourth-order valence-corrected chi connectivity index (χ4v) is 6.89. The molecule has 0 saturated carbocycles. The predicted molar refractivity (Wildman–Crippen MR) is 163 cm³/mol. The lowest BCUT2D eigenvalue weighted by atomic mass is 10.0. The Hall–Kier alpha value is -4.87. The summed E-state index contributed by atoms with van der Waals surface area (Å²) < 4.78 is 53.6. The fraction of sp³-hybridized carbons (Fsp3) is 0.241. The number of nitrogens with two attached hydrogens (primary N) is 1. The Morgan fingerprint density at radius 1 is 1.15 bits per heavy atom. The number of anilines is 3. The van der Waals surface area contributed by atoms with Crippen molar-refractivity contribution < 1.29 is 31.6 Å². The molecule has 2 aromatic carbocycles. The van der Waals surface area contributed by atoms with Gasteiger partial charge in [-0.3, -0.25) is 19.7 Å². The number of imide groups is 1. The molecule has 2 aliphatic rings. The molecule has 2 aromatic heterocycles. The van der Waals surface area contributed by atoms with Crippen LogP contribution in [0.25, 0.3) is 10.6 Å². The number of carbonyl (C=O) groups is 3. The third kappa shape index (κ3) is 6.03. The minimum absolute atomic E-state index is 0.00628. The molecule has 1 atom stereocenters. The van der Waals surface area contributed by atoms with E-state index in [1.54, 1.807) is 31.0 Å². The lowest BCUT2D eigenvalue weighted by Gasteiger charge is -2.29. The van der Waals surface area contributed by atoms with Crippen LogP contribution in [0.2, 0.25) is 0 Å². The third-order valence-corrected chi connectivity index (χ3v) is 9.78. The van der Waals surface area contributed by atoms with Crippen LogP contribution in [-0.4, -0.2) is 59.1 Å². The highest BCUT2D eigenvalue weighted by Gasteiger charge is 2.39. The van der Waals surface area contributed by atoms with E-state index in [0.717, 1.165) is 23.6 Å². The molecular weight excluding hydrogens is 643 g/mol. The molecule has 4 N–H and O–H groups in total. The number of primary sulfonamides is 1. The molecule has 46 heavy (non-hydrogen) atoms. The number of amides is 3. The van der Waals surface area contributed by atoms with Crippen molar-refractivity contribution in [2.24, 2.45) is 5.14 Å². The molecule has 17 heteroatoms. The number of rotatable bonds is 8. The monoisotopic (exact) mass is 668 g/mol. The van der Waals surface area contributed by atoms with Gasteiger partial charge in [0.1, 0.15) is 17.6 Å². The van der Waals surface area contributed by atoms with E-state index in [1.807, 2.05) is 0 Å². The first kappa shape index (κ1) is 31.1. The smallest absolute Gasteiger partial charge is 0.255 e. The average molecular weight is 669 g/mol. The molecule has 3 amide bonds. The van der Waals surface area contributed by atoms with Crippen LogP contribution < -0.4 is 20.7 Å². The summed E-state index contributed by atoms with van der Waals surface area (Å²) in [5.41, 5.74) is 1.77. The van der Waals surface area contributed by atoms with E-state index < -0.39 is 45.4 Å². The largest absolute Gasteiger partial charge is 0.347 e. The van der Waals surface area contributed by atoms with Gasteiger partial charge in [0.2, 0.25) is 27.8 Å². The molecule has 6 rings (SSSR count). The molecule has 2 aliphatic heterocycles. The Balaban J connectivity index is 1.21. The van der Waals surface area contributed by atoms with Gasteiger partial charge in [0.25, 0.3) is 5.91 Å². The predicted octanol–water partition coefficient (Wildman–Crippen LogP) is 2.98. The number of sulfonamides is 1. The standard InChI is InChI=1S/C29H26F2N8O5S2/c1-14-25(24-21(31)11-33-28(37-24)35-17-4-3-5-18(9-17)46(32,43)44)45-29(34-14)38(2)12-16-8-15-13-39(27(42)19(15)10-20(16)30)22-6-7-23(40)36-26(22)41/h3-5,8-11,22H,6-7,12-13H2,1-2H3,(H2,32,43,44)(H,33,35,37)(H,36,40,41). The number of aromatic nitrogens is 3. The quantitative estimate of drug-likeness (QED) is 0.236. The highest BCUT2D eigenvalue weighted by atomic mass is 32.2. The summed E-state index contributed by atoms with van der Waals surface area (Å²) in [7, 11) is -2.25. The van der Waals surface area contributed by atoms with Crippen LogP contribution in [0.3, 0.4) is 0 Å². The van der Waals surface area contributed by atoms with E-state index in [9.17, 15) is 27.2 Å². The number of fused-ring (bicyclic) bond motifs is 1. The van der Waals surface area contributed by atoms with Crippen molar-refractivity contribution in [2.45, 2.75) is 43.8 Å². The van der Waals surface area contributed by atoms with Gasteiger partial charge in [-0.1, -0.05) is 17.4 Å². The van der Waals surface area contributed by atoms with Gasteiger partial charge < -0.3 is 15.1 Å². The van der Waals surface area contributed by atoms with Crippen LogP contribution in [-0.2, 0) is 32.7 Å². The number of aryl methyl sites for hydroxylation is 1. The number of nitrogens with zero attached hydrogens (tertiary/aromatic N) is 5. The zero-order chi connectivity index (χ0) is 32.9. The molecule has 0 aliphatic carbocycles. The zero-order valence-corrected chi connectivity index (χ0v) is 26.0. The summed E-state index contributed by atoms with van der Waals surface area (Å²) in [6.07, 6.45) is 1.29. The van der Waals surface area contributed by atoms with E-state index in [4.69, 9.17) is 5.14 Å².